The third-order valence-corrected chi connectivity index (χ3v) is 7.42. The van der Waals surface area contributed by atoms with Crippen LogP contribution in [-0.2, 0) is 20.6 Å². The van der Waals surface area contributed by atoms with Gasteiger partial charge in [0.25, 0.3) is 0 Å². The number of likely N-dealkylation sites (tertiary alicyclic amines) is 1. The summed E-state index contributed by atoms with van der Waals surface area (Å²) in [6.07, 6.45) is 4.55. The van der Waals surface area contributed by atoms with Gasteiger partial charge in [-0.2, -0.15) is 24.9 Å². The number of hydrogen-bond donors (Lipinski definition) is 2. The van der Waals surface area contributed by atoms with Crippen LogP contribution in [0.5, 0.6) is 0 Å². The Hall–Kier alpha value is -2.33. The summed E-state index contributed by atoms with van der Waals surface area (Å²) in [7, 11) is 0. The Bertz CT molecular complexity index is 984. The normalized spacial score (nSPS) is 26.7. The molecule has 2 aliphatic heterocycles. The first-order valence-electron chi connectivity index (χ1n) is 11.8. The molecular weight excluding hydrogens is 481 g/mol. The van der Waals surface area contributed by atoms with Crippen molar-refractivity contribution in [2.45, 2.75) is 56.8 Å². The van der Waals surface area contributed by atoms with Crippen LogP contribution in [0, 0.1) is 11.8 Å². The number of fused-ring (bicyclic) bond motifs is 1. The molecule has 3 rings (SSSR count). The van der Waals surface area contributed by atoms with Crippen molar-refractivity contribution in [1.29, 1.82) is 0 Å². The van der Waals surface area contributed by atoms with E-state index in [9.17, 15) is 32.7 Å². The second kappa shape index (κ2) is 11.2. The fraction of sp³-hybridized carbons (Fsp3) is 0.560. The van der Waals surface area contributed by atoms with E-state index in [2.05, 4.69) is 12.2 Å². The number of rotatable bonds is 11. The van der Waals surface area contributed by atoms with Gasteiger partial charge in [-0.05, 0) is 49.0 Å². The quantitative estimate of drug-likeness (QED) is 0.255. The minimum atomic E-state index is -4.59. The van der Waals surface area contributed by atoms with Crippen LogP contribution < -0.4 is 5.32 Å². The van der Waals surface area contributed by atoms with Crippen LogP contribution in [0.3, 0.4) is 0 Å². The average molecular weight is 513 g/mol. The number of imide groups is 1. The predicted molar refractivity (Wildman–Crippen MR) is 128 cm³/mol. The Morgan fingerprint density at radius 2 is 1.94 bits per heavy atom. The second-order valence-electron chi connectivity index (χ2n) is 9.00. The number of carbonyl (C=O) groups is 3. The van der Waals surface area contributed by atoms with Gasteiger partial charge in [-0.15, -0.1) is 0 Å². The molecule has 192 valence electrons. The van der Waals surface area contributed by atoms with E-state index in [0.29, 0.717) is 12.2 Å². The molecule has 0 bridgehead atoms. The molecule has 2 aliphatic rings. The number of allylic oxidation sites excluding steroid dienone is 1. The minimum absolute atomic E-state index is 0.0594. The standard InChI is InChI=1S/C25H31F3N2O4S/c1-3-4-5-6-7-8-13-30-21(31)18-19(22(30)32)24(23(33)34,12-14-35-2)29-20(18)16-10-9-11-17(15-16)25(26,27)28/h6-7,9-11,15,18-20,29H,3-5,8,12-14H2,1-2H3,(H,33,34)/b7-6+. The van der Waals surface area contributed by atoms with Crippen LogP contribution in [0.2, 0.25) is 0 Å². The highest BCUT2D eigenvalue weighted by Crippen LogP contribution is 2.50. The maximum absolute atomic E-state index is 13.4. The van der Waals surface area contributed by atoms with E-state index in [1.165, 1.54) is 23.9 Å². The predicted octanol–water partition coefficient (Wildman–Crippen LogP) is 4.66. The molecule has 2 N–H and O–H groups in total. The monoisotopic (exact) mass is 512 g/mol. The molecule has 0 radical (unpaired) electrons. The lowest BCUT2D eigenvalue weighted by Crippen LogP contribution is -2.56. The molecule has 35 heavy (non-hydrogen) atoms. The summed E-state index contributed by atoms with van der Waals surface area (Å²) >= 11 is 1.40. The van der Waals surface area contributed by atoms with Crippen molar-refractivity contribution in [3.05, 3.63) is 47.5 Å². The zero-order valence-electron chi connectivity index (χ0n) is 19.8. The van der Waals surface area contributed by atoms with Crippen molar-refractivity contribution >= 4 is 29.5 Å². The summed E-state index contributed by atoms with van der Waals surface area (Å²) in [4.78, 5) is 40.5. The number of benzene rings is 1. The first-order valence-corrected chi connectivity index (χ1v) is 13.1. The Kier molecular flexibility index (Phi) is 8.69. The number of nitrogens with zero attached hydrogens (tertiary/aromatic N) is 1. The molecule has 2 fully saturated rings. The molecule has 4 unspecified atom stereocenters. The summed E-state index contributed by atoms with van der Waals surface area (Å²) in [6, 6.07) is 3.50. The second-order valence-corrected chi connectivity index (χ2v) is 9.98. The minimum Gasteiger partial charge on any atom is -0.480 e. The van der Waals surface area contributed by atoms with E-state index in [1.807, 2.05) is 12.2 Å². The first-order chi connectivity index (χ1) is 16.6. The first kappa shape index (κ1) is 27.3. The smallest absolute Gasteiger partial charge is 0.416 e. The number of thioether (sulfide) groups is 1. The zero-order chi connectivity index (χ0) is 25.8. The average Bonchev–Trinajstić information content (AvgIpc) is 3.29. The van der Waals surface area contributed by atoms with E-state index in [1.54, 1.807) is 6.26 Å². The molecule has 6 nitrogen and oxygen atoms in total. The van der Waals surface area contributed by atoms with Crippen molar-refractivity contribution < 1.29 is 32.7 Å². The van der Waals surface area contributed by atoms with E-state index in [-0.39, 0.29) is 18.5 Å². The molecule has 1 aromatic carbocycles. The van der Waals surface area contributed by atoms with E-state index < -0.39 is 52.9 Å². The van der Waals surface area contributed by atoms with E-state index >= 15 is 0 Å². The number of halogens is 3. The van der Waals surface area contributed by atoms with Gasteiger partial charge in [0.2, 0.25) is 11.8 Å². The number of carbonyl (C=O) groups excluding carboxylic acids is 2. The van der Waals surface area contributed by atoms with Gasteiger partial charge in [0.05, 0.1) is 17.4 Å². The molecule has 4 atom stereocenters. The van der Waals surface area contributed by atoms with Gasteiger partial charge in [0, 0.05) is 12.6 Å². The number of aliphatic carboxylic acids is 1. The highest BCUT2D eigenvalue weighted by atomic mass is 32.2. The van der Waals surface area contributed by atoms with Crippen LogP contribution >= 0.6 is 11.8 Å². The van der Waals surface area contributed by atoms with Gasteiger partial charge >= 0.3 is 12.1 Å². The van der Waals surface area contributed by atoms with E-state index in [4.69, 9.17) is 0 Å². The lowest BCUT2D eigenvalue weighted by atomic mass is 9.78. The molecule has 0 spiro atoms. The van der Waals surface area contributed by atoms with Crippen LogP contribution in [0.4, 0.5) is 13.2 Å². The molecule has 0 aromatic heterocycles. The fourth-order valence-corrected chi connectivity index (χ4v) is 5.56. The van der Waals surface area contributed by atoms with Crippen molar-refractivity contribution in [1.82, 2.24) is 10.2 Å². The molecule has 2 heterocycles. The van der Waals surface area contributed by atoms with Gasteiger partial charge in [0.15, 0.2) is 0 Å². The van der Waals surface area contributed by atoms with Gasteiger partial charge < -0.3 is 5.11 Å². The van der Waals surface area contributed by atoms with E-state index in [0.717, 1.165) is 36.3 Å². The summed E-state index contributed by atoms with van der Waals surface area (Å²) in [5.41, 5.74) is -2.49. The van der Waals surface area contributed by atoms with Crippen molar-refractivity contribution in [2.75, 3.05) is 18.6 Å². The number of nitrogens with one attached hydrogen (secondary N) is 1. The Balaban J connectivity index is 1.97. The number of alkyl halides is 3. The highest BCUT2D eigenvalue weighted by Gasteiger charge is 2.68. The summed E-state index contributed by atoms with van der Waals surface area (Å²) in [5.74, 6) is -4.27. The third kappa shape index (κ3) is 5.43. The molecular formula is C25H31F3N2O4S. The van der Waals surface area contributed by atoms with Gasteiger partial charge in [-0.3, -0.25) is 24.6 Å². The number of hydrogen-bond acceptors (Lipinski definition) is 5. The maximum Gasteiger partial charge on any atom is 0.416 e. The number of unbranched alkanes of at least 4 members (excludes halogenated alkanes) is 2. The SMILES string of the molecule is CCCC/C=C/CCN1C(=O)C2C(c3cccc(C(F)(F)F)c3)NC(CCSC)(C(=O)O)C2C1=O. The maximum atomic E-state index is 13.4. The zero-order valence-corrected chi connectivity index (χ0v) is 20.6. The third-order valence-electron chi connectivity index (χ3n) is 6.81. The number of carboxylic acid groups (broad SMARTS) is 1. The lowest BCUT2D eigenvalue weighted by molar-refractivity contribution is -0.151. The summed E-state index contributed by atoms with van der Waals surface area (Å²) in [5, 5.41) is 13.2. The highest BCUT2D eigenvalue weighted by molar-refractivity contribution is 7.98. The molecule has 2 saturated heterocycles. The van der Waals surface area contributed by atoms with Gasteiger partial charge in [-0.25, -0.2) is 0 Å². The Morgan fingerprint density at radius 3 is 2.57 bits per heavy atom. The largest absolute Gasteiger partial charge is 0.480 e. The molecule has 0 aliphatic carbocycles. The molecule has 0 saturated carbocycles. The van der Waals surface area contributed by atoms with Gasteiger partial charge in [0.1, 0.15) is 5.54 Å². The topological polar surface area (TPSA) is 86.7 Å². The summed E-state index contributed by atoms with van der Waals surface area (Å²) < 4.78 is 40.1. The Labute approximate surface area is 207 Å². The van der Waals surface area contributed by atoms with Gasteiger partial charge in [-0.1, -0.05) is 44.1 Å². The van der Waals surface area contributed by atoms with Crippen molar-refractivity contribution in [3.63, 3.8) is 0 Å². The molecule has 10 heteroatoms. The van der Waals surface area contributed by atoms with Crippen LogP contribution in [0.1, 0.15) is 56.2 Å². The molecule has 1 aromatic rings. The molecule has 2 amide bonds. The van der Waals surface area contributed by atoms with Crippen LogP contribution in [0.15, 0.2) is 36.4 Å². The lowest BCUT2D eigenvalue weighted by Gasteiger charge is -2.31. The fourth-order valence-electron chi connectivity index (χ4n) is 5.04. The van der Waals surface area contributed by atoms with Crippen LogP contribution in [-0.4, -0.2) is 51.9 Å². The number of carboxylic acids is 1. The van der Waals surface area contributed by atoms with Crippen LogP contribution in [0.25, 0.3) is 0 Å². The number of amides is 2. The van der Waals surface area contributed by atoms with Crippen molar-refractivity contribution in [2.24, 2.45) is 11.8 Å². The Morgan fingerprint density at radius 1 is 1.23 bits per heavy atom. The summed E-state index contributed by atoms with van der Waals surface area (Å²) in [6.45, 7) is 2.19. The van der Waals surface area contributed by atoms with Crippen molar-refractivity contribution in [3.8, 4) is 0 Å².